The molecule has 0 unspecified atom stereocenters. The van der Waals surface area contributed by atoms with E-state index in [-0.39, 0.29) is 5.41 Å². The molecule has 0 radical (unpaired) electrons. The van der Waals surface area contributed by atoms with Gasteiger partial charge in [-0.15, -0.1) is 11.3 Å². The SMILES string of the molecule is CC1(C)c2ccccc2-c2ccc(N(c3ccc(-c4ccccc4)cc3)c3ccc(-c4ccccc4-c4ccc5c(c4)c4ccccc4n5-c4ccc5c(c4)sc4ccccc45)cc3)cc21. The molecule has 0 aliphatic heterocycles. The molecular weight excluding hydrogens is 817 g/mol. The Morgan fingerprint density at radius 2 is 0.909 bits per heavy atom. The number of rotatable bonds is 7. The van der Waals surface area contributed by atoms with Gasteiger partial charge in [-0.2, -0.15) is 0 Å². The van der Waals surface area contributed by atoms with E-state index in [0.29, 0.717) is 0 Å². The normalized spacial score (nSPS) is 12.8. The number of hydrogen-bond donors (Lipinski definition) is 0. The van der Waals surface area contributed by atoms with E-state index in [2.05, 4.69) is 254 Å². The average molecular weight is 861 g/mol. The summed E-state index contributed by atoms with van der Waals surface area (Å²) < 4.78 is 5.07. The van der Waals surface area contributed by atoms with Crippen LogP contribution in [0.15, 0.2) is 231 Å². The molecular formula is C63H44N2S. The molecule has 13 rings (SSSR count). The van der Waals surface area contributed by atoms with Gasteiger partial charge in [0.05, 0.1) is 11.0 Å². The van der Waals surface area contributed by atoms with Crippen molar-refractivity contribution in [2.75, 3.05) is 4.90 Å². The van der Waals surface area contributed by atoms with E-state index in [9.17, 15) is 0 Å². The molecule has 66 heavy (non-hydrogen) atoms. The highest BCUT2D eigenvalue weighted by Gasteiger charge is 2.35. The Morgan fingerprint density at radius 1 is 0.348 bits per heavy atom. The second-order valence-corrected chi connectivity index (χ2v) is 19.2. The van der Waals surface area contributed by atoms with E-state index < -0.39 is 0 Å². The van der Waals surface area contributed by atoms with Crippen LogP contribution < -0.4 is 4.90 Å². The highest BCUT2D eigenvalue weighted by molar-refractivity contribution is 7.25. The summed E-state index contributed by atoms with van der Waals surface area (Å²) in [6.45, 7) is 4.71. The van der Waals surface area contributed by atoms with E-state index in [1.165, 1.54) is 103 Å². The van der Waals surface area contributed by atoms with Crippen molar-refractivity contribution >= 4 is 70.4 Å². The Labute approximate surface area is 388 Å². The van der Waals surface area contributed by atoms with Gasteiger partial charge in [0.2, 0.25) is 0 Å². The van der Waals surface area contributed by atoms with Gasteiger partial charge in [-0.25, -0.2) is 0 Å². The molecule has 0 saturated carbocycles. The fraction of sp³-hybridized carbons (Fsp3) is 0.0476. The summed E-state index contributed by atoms with van der Waals surface area (Å²) in [6.07, 6.45) is 0. The van der Waals surface area contributed by atoms with Crippen molar-refractivity contribution in [3.8, 4) is 50.2 Å². The summed E-state index contributed by atoms with van der Waals surface area (Å²) in [6, 6.07) is 85.1. The van der Waals surface area contributed by atoms with Crippen molar-refractivity contribution in [3.63, 3.8) is 0 Å². The number of aromatic nitrogens is 1. The van der Waals surface area contributed by atoms with E-state index in [4.69, 9.17) is 0 Å². The fourth-order valence-corrected chi connectivity index (χ4v) is 11.9. The number of hydrogen-bond acceptors (Lipinski definition) is 2. The molecule has 12 aromatic rings. The highest BCUT2D eigenvalue weighted by Crippen LogP contribution is 2.51. The first-order valence-electron chi connectivity index (χ1n) is 22.8. The minimum Gasteiger partial charge on any atom is -0.310 e. The number of anilines is 3. The maximum atomic E-state index is 2.44. The molecule has 312 valence electrons. The van der Waals surface area contributed by atoms with Gasteiger partial charge < -0.3 is 9.47 Å². The van der Waals surface area contributed by atoms with Crippen LogP contribution in [0.5, 0.6) is 0 Å². The average Bonchev–Trinajstić information content (AvgIpc) is 3.99. The molecule has 1 aliphatic rings. The molecule has 0 fully saturated rings. The summed E-state index contributed by atoms with van der Waals surface area (Å²) in [7, 11) is 0. The Morgan fingerprint density at radius 3 is 1.70 bits per heavy atom. The first-order chi connectivity index (χ1) is 32.5. The van der Waals surface area contributed by atoms with Gasteiger partial charge in [-0.05, 0) is 128 Å². The molecule has 0 amide bonds. The highest BCUT2D eigenvalue weighted by atomic mass is 32.1. The lowest BCUT2D eigenvalue weighted by molar-refractivity contribution is 0.660. The molecule has 10 aromatic carbocycles. The van der Waals surface area contributed by atoms with Crippen LogP contribution >= 0.6 is 11.3 Å². The topological polar surface area (TPSA) is 8.17 Å². The zero-order chi connectivity index (χ0) is 43.9. The first kappa shape index (κ1) is 38.5. The number of fused-ring (bicyclic) bond motifs is 9. The molecule has 0 N–H and O–H groups in total. The summed E-state index contributed by atoms with van der Waals surface area (Å²) in [5.74, 6) is 0. The van der Waals surface area contributed by atoms with Crippen molar-refractivity contribution in [2.45, 2.75) is 19.3 Å². The monoisotopic (exact) mass is 860 g/mol. The lowest BCUT2D eigenvalue weighted by Gasteiger charge is -2.28. The predicted molar refractivity (Wildman–Crippen MR) is 282 cm³/mol. The lowest BCUT2D eigenvalue weighted by atomic mass is 9.82. The molecule has 0 bridgehead atoms. The van der Waals surface area contributed by atoms with Gasteiger partial charge in [0.25, 0.3) is 0 Å². The van der Waals surface area contributed by atoms with Crippen molar-refractivity contribution < 1.29 is 0 Å². The van der Waals surface area contributed by atoms with Gasteiger partial charge in [0.1, 0.15) is 0 Å². The van der Waals surface area contributed by atoms with Crippen molar-refractivity contribution in [1.29, 1.82) is 0 Å². The summed E-state index contributed by atoms with van der Waals surface area (Å²) in [5.41, 5.74) is 19.5. The van der Waals surface area contributed by atoms with Crippen LogP contribution in [0, 0.1) is 0 Å². The predicted octanol–water partition coefficient (Wildman–Crippen LogP) is 17.9. The first-order valence-corrected chi connectivity index (χ1v) is 23.6. The van der Waals surface area contributed by atoms with Crippen LogP contribution in [0.25, 0.3) is 92.2 Å². The molecule has 0 saturated heterocycles. The largest absolute Gasteiger partial charge is 0.310 e. The van der Waals surface area contributed by atoms with Crippen LogP contribution in [0.1, 0.15) is 25.0 Å². The summed E-state index contributed by atoms with van der Waals surface area (Å²) >= 11 is 1.87. The van der Waals surface area contributed by atoms with Crippen LogP contribution in [0.3, 0.4) is 0 Å². The minimum absolute atomic E-state index is 0.107. The third-order valence-electron chi connectivity index (χ3n) is 14.0. The fourth-order valence-electron chi connectivity index (χ4n) is 10.8. The van der Waals surface area contributed by atoms with Crippen molar-refractivity contribution in [2.24, 2.45) is 0 Å². The quantitative estimate of drug-likeness (QED) is 0.155. The molecule has 0 atom stereocenters. The maximum absolute atomic E-state index is 2.44. The van der Waals surface area contributed by atoms with Crippen LogP contribution in [0.2, 0.25) is 0 Å². The van der Waals surface area contributed by atoms with E-state index in [1.807, 2.05) is 11.3 Å². The lowest BCUT2D eigenvalue weighted by Crippen LogP contribution is -2.16. The van der Waals surface area contributed by atoms with Gasteiger partial charge in [0, 0.05) is 59.1 Å². The molecule has 2 nitrogen and oxygen atoms in total. The van der Waals surface area contributed by atoms with Gasteiger partial charge in [-0.1, -0.05) is 172 Å². The Bertz CT molecular complexity index is 3830. The molecule has 3 heteroatoms. The number of para-hydroxylation sites is 1. The zero-order valence-corrected chi connectivity index (χ0v) is 37.6. The summed E-state index contributed by atoms with van der Waals surface area (Å²) in [5, 5.41) is 5.14. The summed E-state index contributed by atoms with van der Waals surface area (Å²) in [4.78, 5) is 2.41. The number of benzene rings is 10. The van der Waals surface area contributed by atoms with Crippen molar-refractivity contribution in [3.05, 3.63) is 242 Å². The van der Waals surface area contributed by atoms with E-state index >= 15 is 0 Å². The zero-order valence-electron chi connectivity index (χ0n) is 36.7. The molecule has 2 heterocycles. The number of nitrogens with zero attached hydrogens (tertiary/aromatic N) is 2. The number of thiophene rings is 1. The Balaban J connectivity index is 0.892. The Hall–Kier alpha value is -7.98. The standard InChI is InChI=1S/C63H44N2S/c1-63(2)57-21-11-8-18-51(57)52-35-33-47(39-58(52)63)64(45-29-24-42(25-30-45)41-14-4-3-5-15-41)46-31-26-43(27-32-46)49-16-6-7-17-50(49)44-28-37-60-56(38-44)53-19-9-12-22-59(53)65(60)48-34-36-55-54-20-10-13-23-61(54)66-62(55)40-48/h3-40H,1-2H3. The van der Waals surface area contributed by atoms with Crippen LogP contribution in [-0.2, 0) is 5.41 Å². The maximum Gasteiger partial charge on any atom is 0.0541 e. The molecule has 0 spiro atoms. The van der Waals surface area contributed by atoms with Crippen LogP contribution in [-0.4, -0.2) is 4.57 Å². The molecule has 2 aromatic heterocycles. The van der Waals surface area contributed by atoms with Gasteiger partial charge >= 0.3 is 0 Å². The van der Waals surface area contributed by atoms with Crippen LogP contribution in [0.4, 0.5) is 17.1 Å². The third-order valence-corrected chi connectivity index (χ3v) is 15.2. The van der Waals surface area contributed by atoms with Crippen molar-refractivity contribution in [1.82, 2.24) is 4.57 Å². The van der Waals surface area contributed by atoms with Gasteiger partial charge in [-0.3, -0.25) is 0 Å². The third kappa shape index (κ3) is 6.08. The Kier molecular flexibility index (Phi) is 8.78. The van der Waals surface area contributed by atoms with E-state index in [0.717, 1.165) is 17.1 Å². The van der Waals surface area contributed by atoms with Gasteiger partial charge in [0.15, 0.2) is 0 Å². The smallest absolute Gasteiger partial charge is 0.0541 e. The van der Waals surface area contributed by atoms with E-state index in [1.54, 1.807) is 0 Å². The minimum atomic E-state index is -0.107. The molecule has 1 aliphatic carbocycles. The second-order valence-electron chi connectivity index (χ2n) is 18.1. The second kappa shape index (κ2) is 15.1.